The molecule has 0 saturated carbocycles. The molecular weight excluding hydrogens is 204 g/mol. The molecule has 0 bridgehead atoms. The minimum absolute atomic E-state index is 0.0388. The minimum Gasteiger partial charge on any atom is -0.490 e. The highest BCUT2D eigenvalue weighted by atomic mass is 16.5. The molecule has 0 radical (unpaired) electrons. The highest BCUT2D eigenvalue weighted by Gasteiger charge is 2.13. The van der Waals surface area contributed by atoms with Crippen molar-refractivity contribution >= 4 is 5.97 Å². The Morgan fingerprint density at radius 2 is 2.19 bits per heavy atom. The van der Waals surface area contributed by atoms with Crippen LogP contribution in [-0.4, -0.2) is 17.2 Å². The first-order valence-corrected chi connectivity index (χ1v) is 5.65. The number of benzene rings is 1. The Labute approximate surface area is 95.0 Å². The van der Waals surface area contributed by atoms with E-state index in [0.29, 0.717) is 0 Å². The van der Waals surface area contributed by atoms with Crippen LogP contribution in [0.15, 0.2) is 18.2 Å². The number of ether oxygens (including phenoxy) is 1. The fraction of sp³-hybridized carbons (Fsp3) is 0.462. The summed E-state index contributed by atoms with van der Waals surface area (Å²) in [4.78, 5) is 10.5. The van der Waals surface area contributed by atoms with E-state index in [-0.39, 0.29) is 12.5 Å². The molecule has 0 aromatic heterocycles. The highest BCUT2D eigenvalue weighted by molar-refractivity contribution is 5.67. The first-order chi connectivity index (χ1) is 7.65. The smallest absolute Gasteiger partial charge is 0.307 e. The SMILES string of the molecule is C[C@H](CC(=O)O)Oc1ccc2c(c1)CCC2. The summed E-state index contributed by atoms with van der Waals surface area (Å²) in [5, 5.41) is 8.64. The van der Waals surface area contributed by atoms with Crippen molar-refractivity contribution in [1.29, 1.82) is 0 Å². The zero-order valence-corrected chi connectivity index (χ0v) is 9.40. The van der Waals surface area contributed by atoms with Crippen LogP contribution in [-0.2, 0) is 17.6 Å². The van der Waals surface area contributed by atoms with Gasteiger partial charge in [-0.25, -0.2) is 0 Å². The second-order valence-corrected chi connectivity index (χ2v) is 4.31. The van der Waals surface area contributed by atoms with Gasteiger partial charge in [-0.1, -0.05) is 6.07 Å². The normalized spacial score (nSPS) is 15.6. The topological polar surface area (TPSA) is 46.5 Å². The molecule has 1 aromatic carbocycles. The van der Waals surface area contributed by atoms with Crippen LogP contribution in [0.25, 0.3) is 0 Å². The molecule has 0 fully saturated rings. The summed E-state index contributed by atoms with van der Waals surface area (Å²) in [6.07, 6.45) is 3.23. The third kappa shape index (κ3) is 2.54. The van der Waals surface area contributed by atoms with Crippen LogP contribution in [0.2, 0.25) is 0 Å². The van der Waals surface area contributed by atoms with Crippen LogP contribution in [0.3, 0.4) is 0 Å². The fourth-order valence-corrected chi connectivity index (χ4v) is 2.14. The Kier molecular flexibility index (Phi) is 3.13. The minimum atomic E-state index is -0.825. The summed E-state index contributed by atoms with van der Waals surface area (Å²) in [5.74, 6) is -0.0388. The van der Waals surface area contributed by atoms with Crippen molar-refractivity contribution in [2.24, 2.45) is 0 Å². The van der Waals surface area contributed by atoms with E-state index in [9.17, 15) is 4.79 Å². The van der Waals surface area contributed by atoms with Gasteiger partial charge in [0.2, 0.25) is 0 Å². The largest absolute Gasteiger partial charge is 0.490 e. The molecule has 86 valence electrons. The Hall–Kier alpha value is -1.51. The molecule has 1 aliphatic rings. The zero-order valence-electron chi connectivity index (χ0n) is 9.40. The molecule has 1 aromatic rings. The van der Waals surface area contributed by atoms with Gasteiger partial charge in [-0.05, 0) is 49.4 Å². The first-order valence-electron chi connectivity index (χ1n) is 5.65. The van der Waals surface area contributed by atoms with E-state index >= 15 is 0 Å². The Balaban J connectivity index is 2.02. The Morgan fingerprint density at radius 1 is 1.44 bits per heavy atom. The van der Waals surface area contributed by atoms with Crippen LogP contribution in [0, 0.1) is 0 Å². The van der Waals surface area contributed by atoms with E-state index in [4.69, 9.17) is 9.84 Å². The van der Waals surface area contributed by atoms with Crippen molar-refractivity contribution in [2.75, 3.05) is 0 Å². The predicted octanol–water partition coefficient (Wildman–Crippen LogP) is 2.42. The fourth-order valence-electron chi connectivity index (χ4n) is 2.14. The average Bonchev–Trinajstić information content (AvgIpc) is 2.63. The van der Waals surface area contributed by atoms with Gasteiger partial charge in [0, 0.05) is 0 Å². The quantitative estimate of drug-likeness (QED) is 0.847. The first kappa shape index (κ1) is 11.0. The summed E-state index contributed by atoms with van der Waals surface area (Å²) in [5.41, 5.74) is 2.75. The van der Waals surface area contributed by atoms with Crippen molar-refractivity contribution in [3.8, 4) is 5.75 Å². The number of rotatable bonds is 4. The maximum absolute atomic E-state index is 10.5. The molecule has 3 nitrogen and oxygen atoms in total. The third-order valence-electron chi connectivity index (χ3n) is 2.87. The van der Waals surface area contributed by atoms with Crippen molar-refractivity contribution in [2.45, 2.75) is 38.7 Å². The Morgan fingerprint density at radius 3 is 2.94 bits per heavy atom. The summed E-state index contributed by atoms with van der Waals surface area (Å²) in [6, 6.07) is 6.06. The summed E-state index contributed by atoms with van der Waals surface area (Å²) >= 11 is 0. The molecule has 0 aliphatic heterocycles. The standard InChI is InChI=1S/C13H16O3/c1-9(7-13(14)15)16-12-6-5-10-3-2-4-11(10)8-12/h5-6,8-9H,2-4,7H2,1H3,(H,14,15)/t9-/m1/s1. The van der Waals surface area contributed by atoms with Crippen molar-refractivity contribution in [3.05, 3.63) is 29.3 Å². The van der Waals surface area contributed by atoms with Crippen molar-refractivity contribution in [1.82, 2.24) is 0 Å². The summed E-state index contributed by atoms with van der Waals surface area (Å²) in [6.45, 7) is 1.78. The lowest BCUT2D eigenvalue weighted by atomic mass is 10.1. The van der Waals surface area contributed by atoms with Crippen LogP contribution in [0.5, 0.6) is 5.75 Å². The number of hydrogen-bond donors (Lipinski definition) is 1. The van der Waals surface area contributed by atoms with Crippen LogP contribution < -0.4 is 4.74 Å². The molecule has 3 heteroatoms. The van der Waals surface area contributed by atoms with Gasteiger partial charge < -0.3 is 9.84 Å². The molecule has 0 heterocycles. The second kappa shape index (κ2) is 4.56. The van der Waals surface area contributed by atoms with Gasteiger partial charge in [0.15, 0.2) is 0 Å². The van der Waals surface area contributed by atoms with Gasteiger partial charge in [0.25, 0.3) is 0 Å². The van der Waals surface area contributed by atoms with Crippen molar-refractivity contribution in [3.63, 3.8) is 0 Å². The molecule has 1 aliphatic carbocycles. The Bertz CT molecular complexity index is 398. The van der Waals surface area contributed by atoms with E-state index in [1.54, 1.807) is 6.92 Å². The highest BCUT2D eigenvalue weighted by Crippen LogP contribution is 2.26. The molecule has 1 atom stereocenters. The van der Waals surface area contributed by atoms with Gasteiger partial charge in [0.1, 0.15) is 11.9 Å². The molecule has 2 rings (SSSR count). The number of carboxylic acids is 1. The molecule has 16 heavy (non-hydrogen) atoms. The molecule has 1 N–H and O–H groups in total. The number of hydrogen-bond acceptors (Lipinski definition) is 2. The maximum Gasteiger partial charge on any atom is 0.307 e. The summed E-state index contributed by atoms with van der Waals surface area (Å²) < 4.78 is 5.57. The predicted molar refractivity (Wildman–Crippen MR) is 60.8 cm³/mol. The van der Waals surface area contributed by atoms with E-state index in [2.05, 4.69) is 6.07 Å². The number of aryl methyl sites for hydroxylation is 2. The van der Waals surface area contributed by atoms with Crippen molar-refractivity contribution < 1.29 is 14.6 Å². The lowest BCUT2D eigenvalue weighted by molar-refractivity contribution is -0.138. The van der Waals surface area contributed by atoms with Gasteiger partial charge in [0.05, 0.1) is 6.42 Å². The molecular formula is C13H16O3. The second-order valence-electron chi connectivity index (χ2n) is 4.31. The molecule has 0 amide bonds. The number of aliphatic carboxylic acids is 1. The van der Waals surface area contributed by atoms with Gasteiger partial charge >= 0.3 is 5.97 Å². The number of fused-ring (bicyclic) bond motifs is 1. The molecule has 0 spiro atoms. The molecule has 0 saturated heterocycles. The van der Waals surface area contributed by atoms with Gasteiger partial charge in [-0.3, -0.25) is 4.79 Å². The molecule has 0 unspecified atom stereocenters. The van der Waals surface area contributed by atoms with Gasteiger partial charge in [-0.2, -0.15) is 0 Å². The number of carbonyl (C=O) groups is 1. The maximum atomic E-state index is 10.5. The number of carboxylic acid groups (broad SMARTS) is 1. The third-order valence-corrected chi connectivity index (χ3v) is 2.87. The lowest BCUT2D eigenvalue weighted by Gasteiger charge is -2.13. The van der Waals surface area contributed by atoms with E-state index in [0.717, 1.165) is 18.6 Å². The summed E-state index contributed by atoms with van der Waals surface area (Å²) in [7, 11) is 0. The van der Waals surface area contributed by atoms with Gasteiger partial charge in [-0.15, -0.1) is 0 Å². The monoisotopic (exact) mass is 220 g/mol. The van der Waals surface area contributed by atoms with E-state index in [1.165, 1.54) is 17.5 Å². The van der Waals surface area contributed by atoms with Crippen LogP contribution >= 0.6 is 0 Å². The average molecular weight is 220 g/mol. The van der Waals surface area contributed by atoms with E-state index in [1.807, 2.05) is 12.1 Å². The lowest BCUT2D eigenvalue weighted by Crippen LogP contribution is -2.16. The van der Waals surface area contributed by atoms with Crippen LogP contribution in [0.1, 0.15) is 30.9 Å². The zero-order chi connectivity index (χ0) is 11.5. The van der Waals surface area contributed by atoms with E-state index < -0.39 is 5.97 Å². The van der Waals surface area contributed by atoms with Crippen LogP contribution in [0.4, 0.5) is 0 Å².